The number of halogens is 1. The molecule has 18 heavy (non-hydrogen) atoms. The molecule has 1 amide bonds. The summed E-state index contributed by atoms with van der Waals surface area (Å²) in [7, 11) is 0. The van der Waals surface area contributed by atoms with Crippen LogP contribution in [0.4, 0.5) is 0 Å². The fourth-order valence-electron chi connectivity index (χ4n) is 2.32. The molecule has 0 aromatic rings. The monoisotopic (exact) mass is 368 g/mol. The van der Waals surface area contributed by atoms with Gasteiger partial charge in [-0.3, -0.25) is 4.79 Å². The van der Waals surface area contributed by atoms with Gasteiger partial charge in [0, 0.05) is 30.5 Å². The summed E-state index contributed by atoms with van der Waals surface area (Å²) in [6.07, 6.45) is 1.68. The zero-order valence-electron chi connectivity index (χ0n) is 12.5. The van der Waals surface area contributed by atoms with E-state index in [2.05, 4.69) is 67.8 Å². The van der Waals surface area contributed by atoms with Gasteiger partial charge in [-0.1, -0.05) is 57.2 Å². The van der Waals surface area contributed by atoms with E-state index in [1.165, 1.54) is 0 Å². The third-order valence-corrected chi connectivity index (χ3v) is 3.11. The Morgan fingerprint density at radius 3 is 2.22 bits per heavy atom. The van der Waals surface area contributed by atoms with E-state index in [1.807, 2.05) is 0 Å². The second-order valence-electron chi connectivity index (χ2n) is 6.87. The lowest BCUT2D eigenvalue weighted by Crippen LogP contribution is -2.37. The van der Waals surface area contributed by atoms with Crippen LogP contribution in [0.1, 0.15) is 47.5 Å². The minimum Gasteiger partial charge on any atom is -0.356 e. The Morgan fingerprint density at radius 2 is 1.72 bits per heavy atom. The number of carbonyl (C=O) groups is 1. The molecule has 0 aliphatic rings. The van der Waals surface area contributed by atoms with Gasteiger partial charge in [-0.2, -0.15) is 0 Å². The topological polar surface area (TPSA) is 41.1 Å². The number of amides is 1. The molecule has 4 heteroatoms. The Hall–Kier alpha value is 0.160. The van der Waals surface area contributed by atoms with Gasteiger partial charge in [-0.25, -0.2) is 0 Å². The molecule has 2 N–H and O–H groups in total. The van der Waals surface area contributed by atoms with Gasteiger partial charge in [0.2, 0.25) is 5.91 Å². The van der Waals surface area contributed by atoms with Crippen molar-refractivity contribution >= 4 is 28.5 Å². The van der Waals surface area contributed by atoms with Crippen LogP contribution in [0.25, 0.3) is 0 Å². The van der Waals surface area contributed by atoms with Crippen LogP contribution in [0.2, 0.25) is 0 Å². The summed E-state index contributed by atoms with van der Waals surface area (Å²) in [6.45, 7) is 13.7. The average molecular weight is 368 g/mol. The molecular formula is C14H29IN2O. The highest BCUT2D eigenvalue weighted by Crippen LogP contribution is 2.32. The molecular weight excluding hydrogens is 339 g/mol. The van der Waals surface area contributed by atoms with Crippen molar-refractivity contribution in [2.24, 2.45) is 10.8 Å². The summed E-state index contributed by atoms with van der Waals surface area (Å²) in [5.41, 5.74) is 0.458. The maximum absolute atomic E-state index is 11.7. The minimum absolute atomic E-state index is 0.151. The SMILES string of the molecule is CC(C)(C)CC(C)(C)CNC(=O)CCNCCI. The fourth-order valence-corrected chi connectivity index (χ4v) is 2.70. The maximum Gasteiger partial charge on any atom is 0.221 e. The summed E-state index contributed by atoms with van der Waals surface area (Å²) < 4.78 is 1.08. The van der Waals surface area contributed by atoms with Crippen molar-refractivity contribution in [1.82, 2.24) is 10.6 Å². The van der Waals surface area contributed by atoms with Crippen LogP contribution in [0.15, 0.2) is 0 Å². The number of alkyl halides is 1. The lowest BCUT2D eigenvalue weighted by atomic mass is 9.76. The van der Waals surface area contributed by atoms with Gasteiger partial charge in [0.1, 0.15) is 0 Å². The summed E-state index contributed by atoms with van der Waals surface area (Å²) in [4.78, 5) is 11.7. The Labute approximate surface area is 126 Å². The molecule has 3 nitrogen and oxygen atoms in total. The predicted molar refractivity (Wildman–Crippen MR) is 87.2 cm³/mol. The molecule has 0 aromatic carbocycles. The van der Waals surface area contributed by atoms with E-state index in [4.69, 9.17) is 0 Å². The summed E-state index contributed by atoms with van der Waals surface area (Å²) >= 11 is 2.32. The Morgan fingerprint density at radius 1 is 1.11 bits per heavy atom. The van der Waals surface area contributed by atoms with Gasteiger partial charge in [0.05, 0.1) is 0 Å². The van der Waals surface area contributed by atoms with Crippen molar-refractivity contribution in [3.63, 3.8) is 0 Å². The smallest absolute Gasteiger partial charge is 0.221 e. The third-order valence-electron chi connectivity index (χ3n) is 2.57. The minimum atomic E-state index is 0.151. The first-order valence-corrected chi connectivity index (χ1v) is 8.22. The number of hydrogen-bond donors (Lipinski definition) is 2. The normalized spacial score (nSPS) is 12.6. The van der Waals surface area contributed by atoms with Gasteiger partial charge in [0.15, 0.2) is 0 Å². The highest BCUT2D eigenvalue weighted by atomic mass is 127. The van der Waals surface area contributed by atoms with Crippen LogP contribution >= 0.6 is 22.6 Å². The Kier molecular flexibility index (Phi) is 8.43. The van der Waals surface area contributed by atoms with Crippen LogP contribution < -0.4 is 10.6 Å². The first kappa shape index (κ1) is 18.2. The highest BCUT2D eigenvalue weighted by Gasteiger charge is 2.25. The van der Waals surface area contributed by atoms with E-state index >= 15 is 0 Å². The van der Waals surface area contributed by atoms with Crippen LogP contribution in [-0.2, 0) is 4.79 Å². The quantitative estimate of drug-likeness (QED) is 0.393. The van der Waals surface area contributed by atoms with E-state index in [0.29, 0.717) is 11.8 Å². The first-order chi connectivity index (χ1) is 8.16. The van der Waals surface area contributed by atoms with Gasteiger partial charge in [0.25, 0.3) is 0 Å². The molecule has 0 rings (SSSR count). The zero-order valence-corrected chi connectivity index (χ0v) is 14.7. The molecule has 0 radical (unpaired) electrons. The first-order valence-electron chi connectivity index (χ1n) is 6.70. The standard InChI is InChI=1S/C14H29IN2O/c1-13(2,3)10-14(4,5)11-17-12(18)6-8-16-9-7-15/h16H,6-11H2,1-5H3,(H,17,18). The second kappa shape index (κ2) is 8.35. The van der Waals surface area contributed by atoms with Gasteiger partial charge in [-0.15, -0.1) is 0 Å². The molecule has 0 bridgehead atoms. The van der Waals surface area contributed by atoms with Gasteiger partial charge < -0.3 is 10.6 Å². The Bertz CT molecular complexity index is 247. The molecule has 108 valence electrons. The average Bonchev–Trinajstić information content (AvgIpc) is 2.18. The van der Waals surface area contributed by atoms with E-state index < -0.39 is 0 Å². The molecule has 0 unspecified atom stereocenters. The molecule has 0 saturated heterocycles. The van der Waals surface area contributed by atoms with Crippen molar-refractivity contribution in [2.75, 3.05) is 24.1 Å². The largest absolute Gasteiger partial charge is 0.356 e. The third kappa shape index (κ3) is 11.3. The summed E-state index contributed by atoms with van der Waals surface area (Å²) in [5, 5.41) is 6.27. The molecule has 0 aliphatic carbocycles. The molecule has 0 spiro atoms. The van der Waals surface area contributed by atoms with Crippen LogP contribution in [-0.4, -0.2) is 30.0 Å². The van der Waals surface area contributed by atoms with E-state index in [9.17, 15) is 4.79 Å². The molecule has 0 aromatic heterocycles. The van der Waals surface area contributed by atoms with E-state index in [0.717, 1.165) is 30.5 Å². The lowest BCUT2D eigenvalue weighted by molar-refractivity contribution is -0.121. The molecule has 0 atom stereocenters. The van der Waals surface area contributed by atoms with Gasteiger partial charge in [-0.05, 0) is 17.3 Å². The fraction of sp³-hybridized carbons (Fsp3) is 0.929. The molecule has 0 aliphatic heterocycles. The van der Waals surface area contributed by atoms with E-state index in [1.54, 1.807) is 0 Å². The van der Waals surface area contributed by atoms with Gasteiger partial charge >= 0.3 is 0 Å². The van der Waals surface area contributed by atoms with Crippen molar-refractivity contribution in [1.29, 1.82) is 0 Å². The molecule has 0 fully saturated rings. The van der Waals surface area contributed by atoms with Crippen molar-refractivity contribution in [3.05, 3.63) is 0 Å². The predicted octanol–water partition coefficient (Wildman–Crippen LogP) is 2.98. The van der Waals surface area contributed by atoms with Crippen LogP contribution in [0.3, 0.4) is 0 Å². The lowest BCUT2D eigenvalue weighted by Gasteiger charge is -2.32. The molecule has 0 saturated carbocycles. The summed E-state index contributed by atoms with van der Waals surface area (Å²) in [6, 6.07) is 0. The van der Waals surface area contributed by atoms with Crippen molar-refractivity contribution in [2.45, 2.75) is 47.5 Å². The summed E-state index contributed by atoms with van der Waals surface area (Å²) in [5.74, 6) is 0.151. The Balaban J connectivity index is 3.83. The van der Waals surface area contributed by atoms with E-state index in [-0.39, 0.29) is 11.3 Å². The number of nitrogens with one attached hydrogen (secondary N) is 2. The molecule has 0 heterocycles. The maximum atomic E-state index is 11.7. The zero-order chi connectivity index (χ0) is 14.2. The number of carbonyl (C=O) groups excluding carboxylic acids is 1. The number of hydrogen-bond acceptors (Lipinski definition) is 2. The highest BCUT2D eigenvalue weighted by molar-refractivity contribution is 14.1. The van der Waals surface area contributed by atoms with Crippen LogP contribution in [0.5, 0.6) is 0 Å². The van der Waals surface area contributed by atoms with Crippen LogP contribution in [0, 0.1) is 10.8 Å². The van der Waals surface area contributed by atoms with Crippen molar-refractivity contribution < 1.29 is 4.79 Å². The van der Waals surface area contributed by atoms with Crippen molar-refractivity contribution in [3.8, 4) is 0 Å². The second-order valence-corrected chi connectivity index (χ2v) is 7.95. The number of rotatable bonds is 8.